The van der Waals surface area contributed by atoms with E-state index in [2.05, 4.69) is 35.4 Å². The second kappa shape index (κ2) is 6.72. The highest BCUT2D eigenvalue weighted by atomic mass is 19.4. The molecule has 0 saturated heterocycles. The number of H-pyrrole nitrogens is 1. The molecule has 3 heterocycles. The van der Waals surface area contributed by atoms with E-state index in [0.717, 1.165) is 6.07 Å². The van der Waals surface area contributed by atoms with E-state index in [1.807, 2.05) is 0 Å². The number of fused-ring (bicyclic) bond motifs is 1. The van der Waals surface area contributed by atoms with Crippen LogP contribution in [0.25, 0.3) is 16.8 Å². The van der Waals surface area contributed by atoms with Gasteiger partial charge in [0.05, 0.1) is 25.0 Å². The minimum Gasteiger partial charge on any atom is -0.497 e. The van der Waals surface area contributed by atoms with Crippen LogP contribution in [-0.2, 0) is 0 Å². The number of nitrogens with zero attached hydrogens (tertiary/aromatic N) is 5. The van der Waals surface area contributed by atoms with Gasteiger partial charge in [0.15, 0.2) is 0 Å². The van der Waals surface area contributed by atoms with Crippen molar-refractivity contribution in [2.45, 2.75) is 6.36 Å². The molecule has 28 heavy (non-hydrogen) atoms. The Hall–Kier alpha value is -3.83. The topological polar surface area (TPSA) is 102 Å². The molecule has 0 aliphatic carbocycles. The molecule has 0 saturated carbocycles. The lowest BCUT2D eigenvalue weighted by atomic mass is 10.1. The van der Waals surface area contributed by atoms with Gasteiger partial charge in [-0.1, -0.05) is 0 Å². The SMILES string of the molecule is COc1ccc(-c2nnc(Nc3ccn[nH]3)n3cncc23)c(OC(F)(F)F)c1. The lowest BCUT2D eigenvalue weighted by Crippen LogP contribution is -2.18. The quantitative estimate of drug-likeness (QED) is 0.539. The van der Waals surface area contributed by atoms with E-state index in [1.165, 1.54) is 31.8 Å². The summed E-state index contributed by atoms with van der Waals surface area (Å²) in [5, 5.41) is 17.6. The molecule has 9 nitrogen and oxygen atoms in total. The molecule has 0 radical (unpaired) electrons. The van der Waals surface area contributed by atoms with Crippen molar-refractivity contribution in [2.24, 2.45) is 0 Å². The Bertz CT molecular complexity index is 1110. The van der Waals surface area contributed by atoms with Crippen molar-refractivity contribution in [1.82, 2.24) is 29.8 Å². The molecule has 0 aliphatic heterocycles. The number of halogens is 3. The zero-order valence-electron chi connectivity index (χ0n) is 14.2. The molecule has 3 aromatic heterocycles. The summed E-state index contributed by atoms with van der Waals surface area (Å²) in [5.41, 5.74) is 0.674. The first-order valence-electron chi connectivity index (χ1n) is 7.84. The van der Waals surface area contributed by atoms with E-state index < -0.39 is 12.1 Å². The molecular weight excluding hydrogens is 379 g/mol. The minimum atomic E-state index is -4.88. The molecule has 12 heteroatoms. The number of hydrogen-bond acceptors (Lipinski definition) is 7. The van der Waals surface area contributed by atoms with Gasteiger partial charge < -0.3 is 14.8 Å². The number of alkyl halides is 3. The summed E-state index contributed by atoms with van der Waals surface area (Å²) in [6.07, 6.45) is -0.412. The molecule has 0 unspecified atom stereocenters. The van der Waals surface area contributed by atoms with Gasteiger partial charge in [-0.2, -0.15) is 5.10 Å². The number of methoxy groups -OCH3 is 1. The third kappa shape index (κ3) is 3.39. The molecule has 0 fully saturated rings. The summed E-state index contributed by atoms with van der Waals surface area (Å²) in [5.74, 6) is 0.603. The van der Waals surface area contributed by atoms with Gasteiger partial charge in [-0.3, -0.25) is 9.50 Å². The first-order chi connectivity index (χ1) is 13.4. The van der Waals surface area contributed by atoms with Crippen LogP contribution in [0.15, 0.2) is 43.0 Å². The molecule has 2 N–H and O–H groups in total. The second-order valence-corrected chi connectivity index (χ2v) is 5.53. The van der Waals surface area contributed by atoms with Gasteiger partial charge in [-0.15, -0.1) is 23.4 Å². The summed E-state index contributed by atoms with van der Waals surface area (Å²) in [7, 11) is 1.34. The Morgan fingerprint density at radius 3 is 2.75 bits per heavy atom. The van der Waals surface area contributed by atoms with Gasteiger partial charge >= 0.3 is 6.36 Å². The highest BCUT2D eigenvalue weighted by Gasteiger charge is 2.33. The fourth-order valence-corrected chi connectivity index (χ4v) is 2.59. The van der Waals surface area contributed by atoms with Crippen LogP contribution in [0.2, 0.25) is 0 Å². The number of rotatable bonds is 5. The van der Waals surface area contributed by atoms with Gasteiger partial charge in [0.25, 0.3) is 0 Å². The Morgan fingerprint density at radius 2 is 2.04 bits per heavy atom. The highest BCUT2D eigenvalue weighted by Crippen LogP contribution is 2.37. The van der Waals surface area contributed by atoms with E-state index in [9.17, 15) is 13.2 Å². The lowest BCUT2D eigenvalue weighted by molar-refractivity contribution is -0.274. The first-order valence-corrected chi connectivity index (χ1v) is 7.84. The predicted molar refractivity (Wildman–Crippen MR) is 91.3 cm³/mol. The summed E-state index contributed by atoms with van der Waals surface area (Å²) >= 11 is 0. The summed E-state index contributed by atoms with van der Waals surface area (Å²) in [4.78, 5) is 4.04. The fourth-order valence-electron chi connectivity index (χ4n) is 2.59. The van der Waals surface area contributed by atoms with Crippen LogP contribution in [-0.4, -0.2) is 43.3 Å². The molecular formula is C16H12F3N7O2. The van der Waals surface area contributed by atoms with Gasteiger partial charge in [0, 0.05) is 17.7 Å². The number of anilines is 2. The van der Waals surface area contributed by atoms with Crippen molar-refractivity contribution in [3.8, 4) is 22.8 Å². The van der Waals surface area contributed by atoms with E-state index in [-0.39, 0.29) is 17.0 Å². The predicted octanol–water partition coefficient (Wildman–Crippen LogP) is 3.17. The molecule has 0 bridgehead atoms. The summed E-state index contributed by atoms with van der Waals surface area (Å²) < 4.78 is 49.3. The largest absolute Gasteiger partial charge is 0.573 e. The van der Waals surface area contributed by atoms with Crippen molar-refractivity contribution < 1.29 is 22.6 Å². The molecule has 144 valence electrons. The van der Waals surface area contributed by atoms with Crippen LogP contribution in [0.5, 0.6) is 11.5 Å². The Labute approximate surface area is 155 Å². The highest BCUT2D eigenvalue weighted by molar-refractivity contribution is 5.81. The molecule has 4 rings (SSSR count). The van der Waals surface area contributed by atoms with Crippen molar-refractivity contribution >= 4 is 17.3 Å². The Balaban J connectivity index is 1.83. The average Bonchev–Trinajstić information content (AvgIpc) is 3.33. The number of imidazole rings is 1. The van der Waals surface area contributed by atoms with Crippen molar-refractivity contribution in [2.75, 3.05) is 12.4 Å². The zero-order valence-corrected chi connectivity index (χ0v) is 14.2. The summed E-state index contributed by atoms with van der Waals surface area (Å²) in [6, 6.07) is 5.73. The molecule has 0 spiro atoms. The van der Waals surface area contributed by atoms with Crippen LogP contribution < -0.4 is 14.8 Å². The van der Waals surface area contributed by atoms with Gasteiger partial charge in [0.1, 0.15) is 29.3 Å². The number of ether oxygens (including phenoxy) is 2. The monoisotopic (exact) mass is 391 g/mol. The number of aromatic nitrogens is 6. The maximum atomic E-state index is 12.9. The van der Waals surface area contributed by atoms with E-state index in [1.54, 1.807) is 16.7 Å². The Morgan fingerprint density at radius 1 is 1.18 bits per heavy atom. The molecule has 0 aliphatic rings. The van der Waals surface area contributed by atoms with Crippen molar-refractivity contribution in [1.29, 1.82) is 0 Å². The molecule has 0 amide bonds. The summed E-state index contributed by atoms with van der Waals surface area (Å²) in [6.45, 7) is 0. The van der Waals surface area contributed by atoms with Crippen LogP contribution in [0.4, 0.5) is 24.9 Å². The molecule has 0 atom stereocenters. The maximum absolute atomic E-state index is 12.9. The fraction of sp³-hybridized carbons (Fsp3) is 0.125. The van der Waals surface area contributed by atoms with Crippen LogP contribution in [0.3, 0.4) is 0 Å². The van der Waals surface area contributed by atoms with Crippen molar-refractivity contribution in [3.05, 3.63) is 43.0 Å². The average molecular weight is 391 g/mol. The zero-order chi connectivity index (χ0) is 19.7. The third-order valence-electron chi connectivity index (χ3n) is 3.77. The van der Waals surface area contributed by atoms with Gasteiger partial charge in [-0.05, 0) is 12.1 Å². The minimum absolute atomic E-state index is 0.0872. The smallest absolute Gasteiger partial charge is 0.497 e. The van der Waals surface area contributed by atoms with Crippen molar-refractivity contribution in [3.63, 3.8) is 0 Å². The van der Waals surface area contributed by atoms with E-state index in [4.69, 9.17) is 4.74 Å². The number of benzene rings is 1. The maximum Gasteiger partial charge on any atom is 0.573 e. The second-order valence-electron chi connectivity index (χ2n) is 5.53. The lowest BCUT2D eigenvalue weighted by Gasteiger charge is -2.15. The molecule has 1 aromatic carbocycles. The van der Waals surface area contributed by atoms with Crippen LogP contribution in [0.1, 0.15) is 0 Å². The number of nitrogens with one attached hydrogen (secondary N) is 2. The first kappa shape index (κ1) is 17.6. The number of hydrogen-bond donors (Lipinski definition) is 2. The van der Waals surface area contributed by atoms with Gasteiger partial charge in [0.2, 0.25) is 5.95 Å². The van der Waals surface area contributed by atoms with Crippen LogP contribution in [0, 0.1) is 0 Å². The molecule has 4 aromatic rings. The van der Waals surface area contributed by atoms with Crippen LogP contribution >= 0.6 is 0 Å². The normalized spacial score (nSPS) is 11.6. The number of aromatic amines is 1. The Kier molecular flexibility index (Phi) is 4.22. The van der Waals surface area contributed by atoms with E-state index >= 15 is 0 Å². The van der Waals surface area contributed by atoms with Gasteiger partial charge in [-0.25, -0.2) is 4.98 Å². The van der Waals surface area contributed by atoms with E-state index in [0.29, 0.717) is 17.3 Å². The standard InChI is InChI=1S/C16H12F3N7O2/c1-27-9-2-3-10(12(6-9)28-16(17,18)19)14-11-7-20-8-26(11)15(25-24-14)22-13-4-5-21-23-13/h2-8H,1H3,(H2,21,22,23,25). The third-order valence-corrected chi connectivity index (χ3v) is 3.77.